The van der Waals surface area contributed by atoms with Gasteiger partial charge in [0.2, 0.25) is 0 Å². The number of piperidine rings is 1. The summed E-state index contributed by atoms with van der Waals surface area (Å²) in [5, 5.41) is 2.85. The van der Waals surface area contributed by atoms with Gasteiger partial charge < -0.3 is 15.0 Å². The fraction of sp³-hybridized carbons (Fsp3) is 0.474. The molecule has 1 saturated heterocycles. The lowest BCUT2D eigenvalue weighted by Gasteiger charge is -2.33. The van der Waals surface area contributed by atoms with Crippen LogP contribution >= 0.6 is 0 Å². The lowest BCUT2D eigenvalue weighted by Crippen LogP contribution is -2.50. The predicted octanol–water partition coefficient (Wildman–Crippen LogP) is 2.76. The number of benzene rings is 1. The van der Waals surface area contributed by atoms with E-state index < -0.39 is 11.7 Å². The topological polar surface area (TPSA) is 84.4 Å². The average molecular weight is 356 g/mol. The Balaban J connectivity index is 1.66. The maximum Gasteiger partial charge on any atom is 0.407 e. The van der Waals surface area contributed by atoms with Gasteiger partial charge in [-0.15, -0.1) is 0 Å². The second kappa shape index (κ2) is 7.27. The van der Waals surface area contributed by atoms with E-state index in [1.54, 1.807) is 4.90 Å². The molecular formula is C19H24N4O3. The van der Waals surface area contributed by atoms with Crippen LogP contribution in [0.25, 0.3) is 11.0 Å². The fourth-order valence-electron chi connectivity index (χ4n) is 2.98. The molecule has 1 aliphatic heterocycles. The van der Waals surface area contributed by atoms with Crippen LogP contribution in [0.3, 0.4) is 0 Å². The zero-order valence-electron chi connectivity index (χ0n) is 15.4. The van der Waals surface area contributed by atoms with E-state index in [1.807, 2.05) is 45.0 Å². The van der Waals surface area contributed by atoms with E-state index in [-0.39, 0.29) is 11.9 Å². The molecule has 2 heterocycles. The number of carbonyl (C=O) groups excluding carboxylic acids is 2. The number of carbonyl (C=O) groups is 2. The Labute approximate surface area is 152 Å². The summed E-state index contributed by atoms with van der Waals surface area (Å²) >= 11 is 0. The van der Waals surface area contributed by atoms with Crippen LogP contribution in [0.2, 0.25) is 0 Å². The van der Waals surface area contributed by atoms with Gasteiger partial charge in [-0.3, -0.25) is 9.78 Å². The molecule has 2 amide bonds. The number of alkyl carbamates (subject to hydrolysis) is 1. The van der Waals surface area contributed by atoms with Crippen molar-refractivity contribution in [3.63, 3.8) is 0 Å². The first-order valence-corrected chi connectivity index (χ1v) is 8.82. The highest BCUT2D eigenvalue weighted by Gasteiger charge is 2.28. The minimum absolute atomic E-state index is 0.129. The van der Waals surface area contributed by atoms with Gasteiger partial charge in [-0.1, -0.05) is 12.1 Å². The second-order valence-electron chi connectivity index (χ2n) is 7.48. The number of ether oxygens (including phenoxy) is 1. The van der Waals surface area contributed by atoms with Crippen LogP contribution < -0.4 is 5.32 Å². The molecule has 0 radical (unpaired) electrons. The molecule has 2 aromatic rings. The smallest absolute Gasteiger partial charge is 0.407 e. The molecule has 0 aliphatic carbocycles. The van der Waals surface area contributed by atoms with Crippen LogP contribution in [0.15, 0.2) is 30.5 Å². The van der Waals surface area contributed by atoms with E-state index >= 15 is 0 Å². The number of nitrogens with one attached hydrogen (secondary N) is 1. The van der Waals surface area contributed by atoms with Crippen molar-refractivity contribution in [3.05, 3.63) is 36.2 Å². The third-order valence-corrected chi connectivity index (χ3v) is 4.10. The summed E-state index contributed by atoms with van der Waals surface area (Å²) in [5.74, 6) is -0.168. The number of fused-ring (bicyclic) bond motifs is 1. The largest absolute Gasteiger partial charge is 0.444 e. The molecule has 0 spiro atoms. The van der Waals surface area contributed by atoms with Crippen LogP contribution in [0.5, 0.6) is 0 Å². The molecule has 7 heteroatoms. The molecule has 1 atom stereocenters. The molecule has 0 saturated carbocycles. The van der Waals surface area contributed by atoms with Gasteiger partial charge in [0.05, 0.1) is 17.2 Å². The summed E-state index contributed by atoms with van der Waals surface area (Å²) < 4.78 is 5.29. The molecule has 1 aliphatic rings. The minimum Gasteiger partial charge on any atom is -0.444 e. The maximum absolute atomic E-state index is 12.8. The lowest BCUT2D eigenvalue weighted by atomic mass is 10.1. The summed E-state index contributed by atoms with van der Waals surface area (Å²) in [6.45, 7) is 6.54. The fourth-order valence-corrected chi connectivity index (χ4v) is 2.98. The van der Waals surface area contributed by atoms with E-state index in [2.05, 4.69) is 15.3 Å². The molecule has 1 fully saturated rings. The Morgan fingerprint density at radius 3 is 2.69 bits per heavy atom. The van der Waals surface area contributed by atoms with Crippen molar-refractivity contribution in [2.45, 2.75) is 45.3 Å². The zero-order chi connectivity index (χ0) is 18.7. The number of amides is 2. The van der Waals surface area contributed by atoms with E-state index in [9.17, 15) is 9.59 Å². The summed E-state index contributed by atoms with van der Waals surface area (Å²) in [6, 6.07) is 7.32. The van der Waals surface area contributed by atoms with E-state index in [1.165, 1.54) is 6.20 Å². The van der Waals surface area contributed by atoms with E-state index in [0.29, 0.717) is 24.3 Å². The Hall–Kier alpha value is -2.70. The highest BCUT2D eigenvalue weighted by molar-refractivity contribution is 5.93. The van der Waals surface area contributed by atoms with E-state index in [0.717, 1.165) is 18.4 Å². The van der Waals surface area contributed by atoms with Crippen molar-refractivity contribution in [3.8, 4) is 0 Å². The lowest BCUT2D eigenvalue weighted by molar-refractivity contribution is 0.0451. The van der Waals surface area contributed by atoms with Crippen molar-refractivity contribution in [2.75, 3.05) is 13.1 Å². The highest BCUT2D eigenvalue weighted by Crippen LogP contribution is 2.16. The normalized spacial score (nSPS) is 17.8. The molecule has 1 N–H and O–H groups in total. The summed E-state index contributed by atoms with van der Waals surface area (Å²) in [6.07, 6.45) is 2.68. The molecule has 1 aromatic heterocycles. The number of hydrogen-bond acceptors (Lipinski definition) is 5. The first-order valence-electron chi connectivity index (χ1n) is 8.82. The number of hydrogen-bond donors (Lipinski definition) is 1. The molecule has 3 rings (SSSR count). The van der Waals surface area contributed by atoms with Gasteiger partial charge in [-0.25, -0.2) is 9.78 Å². The number of nitrogens with zero attached hydrogens (tertiary/aromatic N) is 3. The Morgan fingerprint density at radius 2 is 1.96 bits per heavy atom. The molecule has 7 nitrogen and oxygen atoms in total. The summed E-state index contributed by atoms with van der Waals surface area (Å²) in [5.41, 5.74) is 1.22. The van der Waals surface area contributed by atoms with Crippen LogP contribution in [0.4, 0.5) is 4.79 Å². The van der Waals surface area contributed by atoms with Crippen LogP contribution in [-0.2, 0) is 4.74 Å². The first-order chi connectivity index (χ1) is 12.3. The minimum atomic E-state index is -0.547. The van der Waals surface area contributed by atoms with Crippen LogP contribution in [-0.4, -0.2) is 51.6 Å². The van der Waals surface area contributed by atoms with Gasteiger partial charge in [0.25, 0.3) is 5.91 Å². The van der Waals surface area contributed by atoms with Crippen LogP contribution in [0, 0.1) is 0 Å². The molecule has 26 heavy (non-hydrogen) atoms. The Bertz CT molecular complexity index is 816. The SMILES string of the molecule is CC(C)(C)OC(=O)N[C@H]1CCCN(C(=O)c2cnc3ccccc3n2)C1. The third kappa shape index (κ3) is 4.47. The Morgan fingerprint density at radius 1 is 1.23 bits per heavy atom. The maximum atomic E-state index is 12.8. The third-order valence-electron chi connectivity index (χ3n) is 4.10. The molecule has 1 aromatic carbocycles. The van der Waals surface area contributed by atoms with E-state index in [4.69, 9.17) is 4.74 Å². The average Bonchev–Trinajstić information content (AvgIpc) is 2.59. The predicted molar refractivity (Wildman–Crippen MR) is 97.8 cm³/mol. The Kier molecular flexibility index (Phi) is 5.06. The molecular weight excluding hydrogens is 332 g/mol. The zero-order valence-corrected chi connectivity index (χ0v) is 15.4. The van der Waals surface area contributed by atoms with Crippen LogP contribution in [0.1, 0.15) is 44.1 Å². The van der Waals surface area contributed by atoms with Gasteiger partial charge in [-0.05, 0) is 45.7 Å². The molecule has 138 valence electrons. The number of rotatable bonds is 2. The number of aromatic nitrogens is 2. The van der Waals surface area contributed by atoms with Crippen molar-refractivity contribution < 1.29 is 14.3 Å². The standard InChI is InChI=1S/C19H24N4O3/c1-19(2,3)26-18(25)21-13-7-6-10-23(12-13)17(24)16-11-20-14-8-4-5-9-15(14)22-16/h4-5,8-9,11,13H,6-7,10,12H2,1-3H3,(H,21,25)/t13-/m0/s1. The van der Waals surface area contributed by atoms with Gasteiger partial charge in [-0.2, -0.15) is 0 Å². The van der Waals surface area contributed by atoms with Crippen molar-refractivity contribution in [2.24, 2.45) is 0 Å². The summed E-state index contributed by atoms with van der Waals surface area (Å²) in [7, 11) is 0. The van der Waals surface area contributed by atoms with Crippen molar-refractivity contribution in [1.29, 1.82) is 0 Å². The second-order valence-corrected chi connectivity index (χ2v) is 7.48. The van der Waals surface area contributed by atoms with Gasteiger partial charge >= 0.3 is 6.09 Å². The van der Waals surface area contributed by atoms with Crippen molar-refractivity contribution in [1.82, 2.24) is 20.2 Å². The summed E-state index contributed by atoms with van der Waals surface area (Å²) in [4.78, 5) is 35.2. The first kappa shape index (κ1) is 18.1. The number of para-hydroxylation sites is 2. The number of likely N-dealkylation sites (tertiary alicyclic amines) is 1. The molecule has 0 unspecified atom stereocenters. The molecule has 0 bridgehead atoms. The highest BCUT2D eigenvalue weighted by atomic mass is 16.6. The monoisotopic (exact) mass is 356 g/mol. The van der Waals surface area contributed by atoms with Gasteiger partial charge in [0.15, 0.2) is 0 Å². The van der Waals surface area contributed by atoms with Gasteiger partial charge in [0, 0.05) is 19.1 Å². The quantitative estimate of drug-likeness (QED) is 0.894. The van der Waals surface area contributed by atoms with Crippen molar-refractivity contribution >= 4 is 23.0 Å². The van der Waals surface area contributed by atoms with Gasteiger partial charge in [0.1, 0.15) is 11.3 Å².